The van der Waals surface area contributed by atoms with Crippen molar-refractivity contribution in [3.05, 3.63) is 28.8 Å². The van der Waals surface area contributed by atoms with Gasteiger partial charge in [0.15, 0.2) is 5.96 Å². The molecule has 0 saturated carbocycles. The Labute approximate surface area is 173 Å². The zero-order chi connectivity index (χ0) is 20.6. The Morgan fingerprint density at radius 2 is 2.07 bits per heavy atom. The predicted octanol–water partition coefficient (Wildman–Crippen LogP) is 1.91. The standard InChI is InChI=1S/C19H31ClN4O3S/c1-4-21-19(22-14-15-5-6-16(20)13-18(15)27-2)23-17-7-9-24(10-8-17)11-12-28(3,25)26/h5-6,13,17H,4,7-12,14H2,1-3H3,(H2,21,22,23). The molecule has 1 aromatic rings. The molecule has 0 spiro atoms. The third-order valence-corrected chi connectivity index (χ3v) is 5.87. The molecule has 9 heteroatoms. The van der Waals surface area contributed by atoms with E-state index in [-0.39, 0.29) is 5.75 Å². The monoisotopic (exact) mass is 430 g/mol. The molecule has 1 fully saturated rings. The van der Waals surface area contributed by atoms with Gasteiger partial charge in [-0.3, -0.25) is 0 Å². The van der Waals surface area contributed by atoms with Crippen LogP contribution in [0.25, 0.3) is 0 Å². The number of piperidine rings is 1. The van der Waals surface area contributed by atoms with Crippen LogP contribution in [-0.4, -0.2) is 70.6 Å². The number of methoxy groups -OCH3 is 1. The van der Waals surface area contributed by atoms with E-state index in [1.807, 2.05) is 19.1 Å². The fraction of sp³-hybridized carbons (Fsp3) is 0.632. The predicted molar refractivity (Wildman–Crippen MR) is 115 cm³/mol. The molecule has 0 aliphatic carbocycles. The molecule has 1 saturated heterocycles. The normalized spacial score (nSPS) is 16.8. The molecule has 7 nitrogen and oxygen atoms in total. The van der Waals surface area contributed by atoms with Gasteiger partial charge >= 0.3 is 0 Å². The van der Waals surface area contributed by atoms with E-state index in [0.29, 0.717) is 24.2 Å². The molecule has 0 amide bonds. The van der Waals surface area contributed by atoms with Crippen molar-refractivity contribution in [3.63, 3.8) is 0 Å². The van der Waals surface area contributed by atoms with Crippen LogP contribution in [0.4, 0.5) is 0 Å². The van der Waals surface area contributed by atoms with Gasteiger partial charge in [-0.05, 0) is 31.9 Å². The Morgan fingerprint density at radius 3 is 2.68 bits per heavy atom. The van der Waals surface area contributed by atoms with Crippen LogP contribution in [0.2, 0.25) is 5.02 Å². The number of ether oxygens (including phenoxy) is 1. The van der Waals surface area contributed by atoms with Gasteiger partial charge in [0.1, 0.15) is 15.6 Å². The van der Waals surface area contributed by atoms with E-state index >= 15 is 0 Å². The molecular weight excluding hydrogens is 400 g/mol. The maximum absolute atomic E-state index is 11.3. The highest BCUT2D eigenvalue weighted by Crippen LogP contribution is 2.23. The minimum Gasteiger partial charge on any atom is -0.496 e. The van der Waals surface area contributed by atoms with E-state index in [1.165, 1.54) is 6.26 Å². The Morgan fingerprint density at radius 1 is 1.36 bits per heavy atom. The summed E-state index contributed by atoms with van der Waals surface area (Å²) in [4.78, 5) is 6.89. The summed E-state index contributed by atoms with van der Waals surface area (Å²) in [5.41, 5.74) is 0.972. The van der Waals surface area contributed by atoms with Crippen molar-refractivity contribution >= 4 is 27.4 Å². The van der Waals surface area contributed by atoms with Gasteiger partial charge in [0, 0.05) is 49.1 Å². The lowest BCUT2D eigenvalue weighted by Crippen LogP contribution is -2.49. The van der Waals surface area contributed by atoms with Gasteiger partial charge in [0.25, 0.3) is 0 Å². The number of hydrogen-bond acceptors (Lipinski definition) is 5. The number of guanidine groups is 1. The van der Waals surface area contributed by atoms with Crippen LogP contribution in [0.5, 0.6) is 5.75 Å². The van der Waals surface area contributed by atoms with Crippen molar-refractivity contribution in [2.45, 2.75) is 32.4 Å². The Balaban J connectivity index is 1.90. The van der Waals surface area contributed by atoms with Crippen LogP contribution in [0.3, 0.4) is 0 Å². The Bertz CT molecular complexity index is 762. The molecule has 1 aliphatic rings. The van der Waals surface area contributed by atoms with Gasteiger partial charge in [0.05, 0.1) is 19.4 Å². The first-order chi connectivity index (χ1) is 13.3. The molecule has 1 aromatic carbocycles. The van der Waals surface area contributed by atoms with E-state index in [2.05, 4.69) is 20.5 Å². The van der Waals surface area contributed by atoms with Crippen molar-refractivity contribution in [2.24, 2.45) is 4.99 Å². The first kappa shape index (κ1) is 22.8. The molecule has 28 heavy (non-hydrogen) atoms. The van der Waals surface area contributed by atoms with Gasteiger partial charge < -0.3 is 20.3 Å². The number of nitrogens with one attached hydrogen (secondary N) is 2. The summed E-state index contributed by atoms with van der Waals surface area (Å²) in [6.45, 7) is 5.68. The number of hydrogen-bond donors (Lipinski definition) is 2. The maximum Gasteiger partial charge on any atom is 0.191 e. The van der Waals surface area contributed by atoms with Crippen molar-refractivity contribution in [2.75, 3.05) is 45.3 Å². The lowest BCUT2D eigenvalue weighted by atomic mass is 10.1. The number of aliphatic imine (C=N–C) groups is 1. The fourth-order valence-electron chi connectivity index (χ4n) is 3.12. The van der Waals surface area contributed by atoms with Gasteiger partial charge in [-0.2, -0.15) is 0 Å². The first-order valence-corrected chi connectivity index (χ1v) is 12.0. The topological polar surface area (TPSA) is 83.0 Å². The zero-order valence-corrected chi connectivity index (χ0v) is 18.4. The quantitative estimate of drug-likeness (QED) is 0.484. The second kappa shape index (κ2) is 10.9. The van der Waals surface area contributed by atoms with Crippen LogP contribution in [0.1, 0.15) is 25.3 Å². The molecule has 158 valence electrons. The number of halogens is 1. The summed E-state index contributed by atoms with van der Waals surface area (Å²) in [6.07, 6.45) is 3.20. The summed E-state index contributed by atoms with van der Waals surface area (Å²) >= 11 is 6.02. The minimum absolute atomic E-state index is 0.220. The third-order valence-electron chi connectivity index (χ3n) is 4.71. The molecule has 0 radical (unpaired) electrons. The van der Waals surface area contributed by atoms with E-state index in [4.69, 9.17) is 16.3 Å². The number of sulfone groups is 1. The van der Waals surface area contributed by atoms with Crippen molar-refractivity contribution in [3.8, 4) is 5.75 Å². The van der Waals surface area contributed by atoms with Crippen LogP contribution in [-0.2, 0) is 16.4 Å². The zero-order valence-electron chi connectivity index (χ0n) is 16.9. The van der Waals surface area contributed by atoms with Crippen molar-refractivity contribution < 1.29 is 13.2 Å². The van der Waals surface area contributed by atoms with Gasteiger partial charge in [0.2, 0.25) is 0 Å². The summed E-state index contributed by atoms with van der Waals surface area (Å²) in [5, 5.41) is 7.42. The summed E-state index contributed by atoms with van der Waals surface area (Å²) in [6, 6.07) is 5.87. The highest BCUT2D eigenvalue weighted by molar-refractivity contribution is 7.90. The van der Waals surface area contributed by atoms with Crippen molar-refractivity contribution in [1.29, 1.82) is 0 Å². The van der Waals surface area contributed by atoms with Crippen molar-refractivity contribution in [1.82, 2.24) is 15.5 Å². The molecule has 0 atom stereocenters. The number of rotatable bonds is 8. The third kappa shape index (κ3) is 7.85. The largest absolute Gasteiger partial charge is 0.496 e. The van der Waals surface area contributed by atoms with Crippen LogP contribution in [0.15, 0.2) is 23.2 Å². The van der Waals surface area contributed by atoms with Gasteiger partial charge in [-0.15, -0.1) is 0 Å². The Kier molecular flexibility index (Phi) is 8.85. The molecule has 1 heterocycles. The van der Waals surface area contributed by atoms with Crippen LogP contribution < -0.4 is 15.4 Å². The highest BCUT2D eigenvalue weighted by atomic mass is 35.5. The second-order valence-electron chi connectivity index (χ2n) is 7.04. The number of likely N-dealkylation sites (tertiary alicyclic amines) is 1. The molecule has 0 unspecified atom stereocenters. The average Bonchev–Trinajstić information content (AvgIpc) is 2.65. The van der Waals surface area contributed by atoms with E-state index in [1.54, 1.807) is 13.2 Å². The second-order valence-corrected chi connectivity index (χ2v) is 9.74. The molecule has 2 N–H and O–H groups in total. The number of benzene rings is 1. The molecule has 1 aliphatic heterocycles. The SMILES string of the molecule is CCNC(=NCc1ccc(Cl)cc1OC)NC1CCN(CCS(C)(=O)=O)CC1. The minimum atomic E-state index is -2.91. The Hall–Kier alpha value is -1.51. The molecular formula is C19H31ClN4O3S. The van der Waals surface area contributed by atoms with Gasteiger partial charge in [-0.1, -0.05) is 17.7 Å². The van der Waals surface area contributed by atoms with E-state index < -0.39 is 9.84 Å². The highest BCUT2D eigenvalue weighted by Gasteiger charge is 2.20. The lowest BCUT2D eigenvalue weighted by molar-refractivity contribution is 0.216. The maximum atomic E-state index is 11.3. The lowest BCUT2D eigenvalue weighted by Gasteiger charge is -2.32. The van der Waals surface area contributed by atoms with Gasteiger partial charge in [-0.25, -0.2) is 13.4 Å². The smallest absolute Gasteiger partial charge is 0.191 e. The van der Waals surface area contributed by atoms with E-state index in [9.17, 15) is 8.42 Å². The summed E-state index contributed by atoms with van der Waals surface area (Å²) < 4.78 is 28.0. The summed E-state index contributed by atoms with van der Waals surface area (Å²) in [7, 11) is -1.29. The van der Waals surface area contributed by atoms with Crippen LogP contribution in [0, 0.1) is 0 Å². The number of nitrogens with zero attached hydrogens (tertiary/aromatic N) is 2. The molecule has 0 bridgehead atoms. The summed E-state index contributed by atoms with van der Waals surface area (Å²) in [5.74, 6) is 1.72. The van der Waals surface area contributed by atoms with E-state index in [0.717, 1.165) is 49.7 Å². The first-order valence-electron chi connectivity index (χ1n) is 9.58. The average molecular weight is 431 g/mol. The molecule has 0 aromatic heterocycles. The van der Waals surface area contributed by atoms with Crippen LogP contribution >= 0.6 is 11.6 Å². The fourth-order valence-corrected chi connectivity index (χ4v) is 3.87. The molecule has 2 rings (SSSR count).